The maximum absolute atomic E-state index is 6.05. The van der Waals surface area contributed by atoms with Crippen molar-refractivity contribution in [3.8, 4) is 11.4 Å². The summed E-state index contributed by atoms with van der Waals surface area (Å²) >= 11 is 11.9. The molecule has 24 heavy (non-hydrogen) atoms. The highest BCUT2D eigenvalue weighted by Crippen LogP contribution is 2.21. The molecule has 122 valence electrons. The Hall–Kier alpha value is -2.44. The van der Waals surface area contributed by atoms with Crippen LogP contribution in [0.1, 0.15) is 11.4 Å². The van der Waals surface area contributed by atoms with Crippen LogP contribution < -0.4 is 0 Å². The van der Waals surface area contributed by atoms with Crippen LogP contribution in [0.15, 0.2) is 47.9 Å². The fraction of sp³-hybridized carbons (Fsp3) is 0.125. The lowest BCUT2D eigenvalue weighted by atomic mass is 10.2. The SMILES string of the molecule is Clc1ccc(CO/N=C\Cc2nc(-c3cccnc3)n[nH]2)c(Cl)c1. The summed E-state index contributed by atoms with van der Waals surface area (Å²) in [6, 6.07) is 8.96. The molecule has 0 unspecified atom stereocenters. The van der Waals surface area contributed by atoms with Crippen LogP contribution in [0, 0.1) is 0 Å². The zero-order valence-corrected chi connectivity index (χ0v) is 14.0. The van der Waals surface area contributed by atoms with Gasteiger partial charge in [0.25, 0.3) is 0 Å². The average molecular weight is 362 g/mol. The van der Waals surface area contributed by atoms with Crippen LogP contribution >= 0.6 is 23.2 Å². The largest absolute Gasteiger partial charge is 0.391 e. The highest BCUT2D eigenvalue weighted by atomic mass is 35.5. The molecule has 3 aromatic rings. The fourth-order valence-electron chi connectivity index (χ4n) is 1.93. The van der Waals surface area contributed by atoms with Gasteiger partial charge in [-0.1, -0.05) is 34.4 Å². The van der Waals surface area contributed by atoms with E-state index in [0.29, 0.717) is 28.1 Å². The van der Waals surface area contributed by atoms with Crippen LogP contribution in [0.2, 0.25) is 10.0 Å². The number of oxime groups is 1. The van der Waals surface area contributed by atoms with E-state index in [1.54, 1.807) is 36.8 Å². The number of nitrogens with zero attached hydrogens (tertiary/aromatic N) is 4. The van der Waals surface area contributed by atoms with Crippen LogP contribution in [0.3, 0.4) is 0 Å². The number of benzene rings is 1. The normalized spacial score (nSPS) is 11.1. The van der Waals surface area contributed by atoms with Crippen LogP contribution in [-0.4, -0.2) is 26.4 Å². The third-order valence-electron chi connectivity index (χ3n) is 3.12. The van der Waals surface area contributed by atoms with Crippen molar-refractivity contribution in [2.75, 3.05) is 0 Å². The molecule has 0 bridgehead atoms. The summed E-state index contributed by atoms with van der Waals surface area (Å²) in [6.07, 6.45) is 5.49. The smallest absolute Gasteiger partial charge is 0.182 e. The second-order valence-corrected chi connectivity index (χ2v) is 5.69. The van der Waals surface area contributed by atoms with Crippen LogP contribution in [0.4, 0.5) is 0 Å². The Bertz CT molecular complexity index is 835. The molecule has 2 aromatic heterocycles. The first kappa shape index (κ1) is 16.4. The Balaban J connectivity index is 1.51. The van der Waals surface area contributed by atoms with Crippen molar-refractivity contribution < 1.29 is 4.84 Å². The van der Waals surface area contributed by atoms with E-state index in [4.69, 9.17) is 28.0 Å². The van der Waals surface area contributed by atoms with Crippen molar-refractivity contribution in [3.05, 3.63) is 64.2 Å². The zero-order valence-electron chi connectivity index (χ0n) is 12.5. The second kappa shape index (κ2) is 7.90. The first-order valence-corrected chi connectivity index (χ1v) is 7.87. The van der Waals surface area contributed by atoms with Crippen molar-refractivity contribution in [1.82, 2.24) is 20.2 Å². The third-order valence-corrected chi connectivity index (χ3v) is 3.71. The van der Waals surface area contributed by atoms with Gasteiger partial charge in [0.1, 0.15) is 12.4 Å². The molecule has 0 amide bonds. The summed E-state index contributed by atoms with van der Waals surface area (Å²) in [5, 5.41) is 12.0. The van der Waals surface area contributed by atoms with E-state index in [9.17, 15) is 0 Å². The van der Waals surface area contributed by atoms with Gasteiger partial charge >= 0.3 is 0 Å². The van der Waals surface area contributed by atoms with E-state index >= 15 is 0 Å². The van der Waals surface area contributed by atoms with Crippen LogP contribution in [0.5, 0.6) is 0 Å². The molecular weight excluding hydrogens is 349 g/mol. The molecule has 0 saturated heterocycles. The van der Waals surface area contributed by atoms with Gasteiger partial charge in [-0.25, -0.2) is 4.98 Å². The van der Waals surface area contributed by atoms with E-state index in [-0.39, 0.29) is 6.61 Å². The summed E-state index contributed by atoms with van der Waals surface area (Å²) in [6.45, 7) is 0.268. The Kier molecular flexibility index (Phi) is 5.40. The van der Waals surface area contributed by atoms with Gasteiger partial charge < -0.3 is 4.84 Å². The Morgan fingerprint density at radius 3 is 2.96 bits per heavy atom. The van der Waals surface area contributed by atoms with Crippen molar-refractivity contribution in [3.63, 3.8) is 0 Å². The van der Waals surface area contributed by atoms with Crippen molar-refractivity contribution >= 4 is 29.4 Å². The first-order valence-electron chi connectivity index (χ1n) is 7.12. The predicted molar refractivity (Wildman–Crippen MR) is 93.1 cm³/mol. The van der Waals surface area contributed by atoms with Crippen molar-refractivity contribution in [1.29, 1.82) is 0 Å². The number of rotatable bonds is 6. The van der Waals surface area contributed by atoms with Crippen LogP contribution in [-0.2, 0) is 17.9 Å². The molecule has 0 spiro atoms. The minimum absolute atomic E-state index is 0.268. The minimum Gasteiger partial charge on any atom is -0.391 e. The standard InChI is InChI=1S/C16H13Cl2N5O/c17-13-4-3-12(14(18)8-13)10-24-20-7-5-15-21-16(23-22-15)11-2-1-6-19-9-11/h1-4,6-9H,5,10H2,(H,21,22,23)/b20-7-. The zero-order chi connectivity index (χ0) is 16.8. The number of H-pyrrole nitrogens is 1. The van der Waals surface area contributed by atoms with Gasteiger partial charge in [-0.3, -0.25) is 10.1 Å². The molecule has 0 aliphatic rings. The van der Waals surface area contributed by atoms with E-state index < -0.39 is 0 Å². The Morgan fingerprint density at radius 2 is 2.17 bits per heavy atom. The lowest BCUT2D eigenvalue weighted by molar-refractivity contribution is 0.131. The van der Waals surface area contributed by atoms with Gasteiger partial charge in [-0.05, 0) is 24.3 Å². The number of aromatic nitrogens is 4. The van der Waals surface area contributed by atoms with E-state index in [1.807, 2.05) is 12.1 Å². The maximum Gasteiger partial charge on any atom is 0.182 e. The van der Waals surface area contributed by atoms with Crippen molar-refractivity contribution in [2.24, 2.45) is 5.16 Å². The Morgan fingerprint density at radius 1 is 1.25 bits per heavy atom. The summed E-state index contributed by atoms with van der Waals surface area (Å²) in [5.74, 6) is 1.28. The average Bonchev–Trinajstić information content (AvgIpc) is 3.06. The molecule has 0 saturated carbocycles. The quantitative estimate of drug-likeness (QED) is 0.533. The topological polar surface area (TPSA) is 76.1 Å². The molecule has 0 atom stereocenters. The monoisotopic (exact) mass is 361 g/mol. The van der Waals surface area contributed by atoms with Gasteiger partial charge in [-0.2, -0.15) is 5.10 Å². The number of halogens is 2. The first-order chi connectivity index (χ1) is 11.7. The molecule has 3 rings (SSSR count). The predicted octanol–water partition coefficient (Wildman–Crippen LogP) is 3.92. The van der Waals surface area contributed by atoms with Gasteiger partial charge in [0, 0.05) is 40.0 Å². The maximum atomic E-state index is 6.05. The molecule has 0 aliphatic carbocycles. The molecule has 1 N–H and O–H groups in total. The van der Waals surface area contributed by atoms with E-state index in [0.717, 1.165) is 11.1 Å². The second-order valence-electron chi connectivity index (χ2n) is 4.85. The summed E-state index contributed by atoms with van der Waals surface area (Å²) in [5.41, 5.74) is 1.67. The van der Waals surface area contributed by atoms with E-state index in [1.165, 1.54) is 0 Å². The van der Waals surface area contributed by atoms with Crippen molar-refractivity contribution in [2.45, 2.75) is 13.0 Å². The number of pyridine rings is 1. The molecule has 2 heterocycles. The summed E-state index contributed by atoms with van der Waals surface area (Å²) < 4.78 is 0. The van der Waals surface area contributed by atoms with Gasteiger partial charge in [0.05, 0.1) is 6.21 Å². The Labute approximate surface area is 148 Å². The fourth-order valence-corrected chi connectivity index (χ4v) is 2.40. The van der Waals surface area contributed by atoms with Gasteiger partial charge in [0.15, 0.2) is 5.82 Å². The highest BCUT2D eigenvalue weighted by molar-refractivity contribution is 6.35. The molecule has 1 aromatic carbocycles. The summed E-state index contributed by atoms with van der Waals surface area (Å²) in [7, 11) is 0. The number of hydrogen-bond acceptors (Lipinski definition) is 5. The van der Waals surface area contributed by atoms with Gasteiger partial charge in [-0.15, -0.1) is 0 Å². The third kappa shape index (κ3) is 4.31. The molecule has 8 heteroatoms. The molecule has 0 fully saturated rings. The lowest BCUT2D eigenvalue weighted by Gasteiger charge is -2.02. The summed E-state index contributed by atoms with van der Waals surface area (Å²) in [4.78, 5) is 13.6. The minimum atomic E-state index is 0.268. The lowest BCUT2D eigenvalue weighted by Crippen LogP contribution is -1.92. The van der Waals surface area contributed by atoms with Crippen LogP contribution in [0.25, 0.3) is 11.4 Å². The number of nitrogens with one attached hydrogen (secondary N) is 1. The number of hydrogen-bond donors (Lipinski definition) is 1. The molecular formula is C16H13Cl2N5O. The van der Waals surface area contributed by atoms with E-state index in [2.05, 4.69) is 25.3 Å². The number of aromatic amines is 1. The molecule has 0 radical (unpaired) electrons. The highest BCUT2D eigenvalue weighted by Gasteiger charge is 2.05. The molecule has 6 nitrogen and oxygen atoms in total. The molecule has 0 aliphatic heterocycles. The van der Waals surface area contributed by atoms with Gasteiger partial charge in [0.2, 0.25) is 0 Å².